The second-order valence-corrected chi connectivity index (χ2v) is 4.99. The first-order chi connectivity index (χ1) is 5.37. The Hall–Kier alpha value is -0.170. The van der Waals surface area contributed by atoms with E-state index in [0.29, 0.717) is 5.92 Å². The molecule has 0 bridgehead atoms. The summed E-state index contributed by atoms with van der Waals surface area (Å²) in [6.45, 7) is 11.0. The van der Waals surface area contributed by atoms with Crippen LogP contribution in [0.1, 0.15) is 34.6 Å². The van der Waals surface area contributed by atoms with Crippen LogP contribution in [-0.4, -0.2) is 4.75 Å². The van der Waals surface area contributed by atoms with Gasteiger partial charge in [-0.25, -0.2) is 0 Å². The molecule has 1 rings (SSSR count). The van der Waals surface area contributed by atoms with Crippen molar-refractivity contribution in [2.45, 2.75) is 39.4 Å². The molecule has 0 N–H and O–H groups in total. The normalized spacial score (nSPS) is 36.8. The molecular formula is C11H18S. The largest absolute Gasteiger partial charge is 0.168 e. The lowest BCUT2D eigenvalue weighted by molar-refractivity contribution is 0.540. The third-order valence-electron chi connectivity index (χ3n) is 3.32. The van der Waals surface area contributed by atoms with Crippen LogP contribution in [0.5, 0.6) is 0 Å². The van der Waals surface area contributed by atoms with Crippen molar-refractivity contribution in [1.29, 1.82) is 0 Å². The third kappa shape index (κ3) is 1.35. The Balaban J connectivity index is 3.18. The molecule has 0 fully saturated rings. The van der Waals surface area contributed by atoms with E-state index in [2.05, 4.69) is 40.7 Å². The van der Waals surface area contributed by atoms with Gasteiger partial charge in [0.2, 0.25) is 0 Å². The zero-order chi connectivity index (χ0) is 9.52. The summed E-state index contributed by atoms with van der Waals surface area (Å²) in [6, 6.07) is 0. The summed E-state index contributed by atoms with van der Waals surface area (Å²) in [5, 5.41) is 0. The molecule has 0 nitrogen and oxygen atoms in total. The maximum absolute atomic E-state index is 4.73. The predicted molar refractivity (Wildman–Crippen MR) is 58.7 cm³/mol. The lowest BCUT2D eigenvalue weighted by Gasteiger charge is -2.37. The smallest absolute Gasteiger partial charge is 0.0375 e. The van der Waals surface area contributed by atoms with Crippen molar-refractivity contribution in [1.82, 2.24) is 0 Å². The van der Waals surface area contributed by atoms with Crippen LogP contribution in [0.15, 0.2) is 22.8 Å². The second kappa shape index (κ2) is 2.95. The van der Waals surface area contributed by atoms with Crippen LogP contribution in [0.25, 0.3) is 0 Å². The number of hydrogen-bond donors (Lipinski definition) is 1. The lowest BCUT2D eigenvalue weighted by atomic mass is 9.77. The van der Waals surface area contributed by atoms with Crippen molar-refractivity contribution in [2.75, 3.05) is 0 Å². The van der Waals surface area contributed by atoms with Crippen LogP contribution in [0.3, 0.4) is 0 Å². The number of hydrogen-bond acceptors (Lipinski definition) is 1. The summed E-state index contributed by atoms with van der Waals surface area (Å²) in [5.74, 6) is 0.546. The van der Waals surface area contributed by atoms with Crippen molar-refractivity contribution in [2.24, 2.45) is 5.92 Å². The monoisotopic (exact) mass is 182 g/mol. The zero-order valence-electron chi connectivity index (χ0n) is 8.60. The minimum absolute atomic E-state index is 0.0446. The molecule has 68 valence electrons. The number of thiol groups is 1. The number of allylic oxidation sites excluding steroid dienone is 3. The molecular weight excluding hydrogens is 164 g/mol. The maximum Gasteiger partial charge on any atom is 0.0375 e. The molecule has 2 unspecified atom stereocenters. The Morgan fingerprint density at radius 3 is 2.33 bits per heavy atom. The molecule has 0 saturated carbocycles. The summed E-state index contributed by atoms with van der Waals surface area (Å²) in [6.07, 6.45) is 2.28. The van der Waals surface area contributed by atoms with E-state index in [4.69, 9.17) is 12.6 Å². The summed E-state index contributed by atoms with van der Waals surface area (Å²) < 4.78 is 0.0446. The molecule has 1 heteroatoms. The van der Waals surface area contributed by atoms with Gasteiger partial charge in [0.25, 0.3) is 0 Å². The van der Waals surface area contributed by atoms with E-state index < -0.39 is 0 Å². The van der Waals surface area contributed by atoms with Crippen molar-refractivity contribution in [3.8, 4) is 0 Å². The highest BCUT2D eigenvalue weighted by Crippen LogP contribution is 2.41. The Kier molecular flexibility index (Phi) is 2.44. The summed E-state index contributed by atoms with van der Waals surface area (Å²) in [5.41, 5.74) is 4.22. The molecule has 2 atom stereocenters. The Morgan fingerprint density at radius 2 is 1.83 bits per heavy atom. The standard InChI is InChI=1S/C11H18S/c1-7-6-8(2)10(4)11(5,12)9(7)3/h6,9,12H,1-5H3. The van der Waals surface area contributed by atoms with E-state index in [1.54, 1.807) is 0 Å². The van der Waals surface area contributed by atoms with Crippen molar-refractivity contribution in [3.63, 3.8) is 0 Å². The van der Waals surface area contributed by atoms with Gasteiger partial charge < -0.3 is 0 Å². The summed E-state index contributed by atoms with van der Waals surface area (Å²) in [7, 11) is 0. The van der Waals surface area contributed by atoms with Crippen LogP contribution < -0.4 is 0 Å². The molecule has 0 spiro atoms. The van der Waals surface area contributed by atoms with Crippen LogP contribution >= 0.6 is 12.6 Å². The average Bonchev–Trinajstić information content (AvgIpc) is 1.99. The predicted octanol–water partition coefficient (Wildman–Crippen LogP) is 3.61. The highest BCUT2D eigenvalue weighted by Gasteiger charge is 2.33. The molecule has 0 aromatic carbocycles. The molecule has 0 saturated heterocycles. The quantitative estimate of drug-likeness (QED) is 0.544. The van der Waals surface area contributed by atoms with Gasteiger partial charge >= 0.3 is 0 Å². The van der Waals surface area contributed by atoms with Crippen molar-refractivity contribution < 1.29 is 0 Å². The molecule has 0 aromatic heterocycles. The van der Waals surface area contributed by atoms with Crippen molar-refractivity contribution in [3.05, 3.63) is 22.8 Å². The highest BCUT2D eigenvalue weighted by atomic mass is 32.1. The van der Waals surface area contributed by atoms with E-state index >= 15 is 0 Å². The van der Waals surface area contributed by atoms with Gasteiger partial charge in [-0.3, -0.25) is 0 Å². The Bertz CT molecular complexity index is 256. The topological polar surface area (TPSA) is 0 Å². The van der Waals surface area contributed by atoms with E-state index in [1.807, 2.05) is 0 Å². The fourth-order valence-electron chi connectivity index (χ4n) is 1.74. The first kappa shape index (κ1) is 9.91. The second-order valence-electron chi connectivity index (χ2n) is 4.07. The lowest BCUT2D eigenvalue weighted by Crippen LogP contribution is -2.31. The maximum atomic E-state index is 4.73. The van der Waals surface area contributed by atoms with Gasteiger partial charge in [-0.1, -0.05) is 29.7 Å². The fourth-order valence-corrected chi connectivity index (χ4v) is 2.12. The van der Waals surface area contributed by atoms with Crippen LogP contribution in [0.4, 0.5) is 0 Å². The summed E-state index contributed by atoms with van der Waals surface area (Å²) in [4.78, 5) is 0. The minimum Gasteiger partial charge on any atom is -0.168 e. The Morgan fingerprint density at radius 1 is 1.33 bits per heavy atom. The van der Waals surface area contributed by atoms with Gasteiger partial charge in [-0.15, -0.1) is 0 Å². The molecule has 1 aliphatic carbocycles. The molecule has 0 radical (unpaired) electrons. The SMILES string of the molecule is CC1=CC(C)=C(C)C(C)(S)C1C. The van der Waals surface area contributed by atoms with Crippen molar-refractivity contribution >= 4 is 12.6 Å². The van der Waals surface area contributed by atoms with Crippen LogP contribution in [-0.2, 0) is 0 Å². The van der Waals surface area contributed by atoms with Gasteiger partial charge in [0.15, 0.2) is 0 Å². The first-order valence-electron chi connectivity index (χ1n) is 4.46. The molecule has 0 aliphatic heterocycles. The first-order valence-corrected chi connectivity index (χ1v) is 4.90. The molecule has 12 heavy (non-hydrogen) atoms. The van der Waals surface area contributed by atoms with Crippen LogP contribution in [0.2, 0.25) is 0 Å². The van der Waals surface area contributed by atoms with Crippen LogP contribution in [0, 0.1) is 5.92 Å². The average molecular weight is 182 g/mol. The van der Waals surface area contributed by atoms with Gasteiger partial charge in [0, 0.05) is 4.75 Å². The van der Waals surface area contributed by atoms with E-state index in [1.165, 1.54) is 16.7 Å². The molecule has 1 aliphatic rings. The third-order valence-corrected chi connectivity index (χ3v) is 4.04. The summed E-state index contributed by atoms with van der Waals surface area (Å²) >= 11 is 4.73. The van der Waals surface area contributed by atoms with Gasteiger partial charge in [-0.05, 0) is 33.6 Å². The molecule has 0 aromatic rings. The highest BCUT2D eigenvalue weighted by molar-refractivity contribution is 7.82. The van der Waals surface area contributed by atoms with Gasteiger partial charge in [0.05, 0.1) is 0 Å². The van der Waals surface area contributed by atoms with E-state index in [9.17, 15) is 0 Å². The van der Waals surface area contributed by atoms with E-state index in [-0.39, 0.29) is 4.75 Å². The zero-order valence-corrected chi connectivity index (χ0v) is 9.50. The number of rotatable bonds is 0. The molecule has 0 amide bonds. The Labute approximate surface area is 81.2 Å². The fraction of sp³-hybridized carbons (Fsp3) is 0.636. The minimum atomic E-state index is 0.0446. The molecule has 0 heterocycles. The van der Waals surface area contributed by atoms with E-state index in [0.717, 1.165) is 0 Å². The van der Waals surface area contributed by atoms with Gasteiger partial charge in [0.1, 0.15) is 0 Å². The van der Waals surface area contributed by atoms with Gasteiger partial charge in [-0.2, -0.15) is 12.6 Å².